The summed E-state index contributed by atoms with van der Waals surface area (Å²) >= 11 is 6.03. The lowest BCUT2D eigenvalue weighted by atomic mass is 9.91. The lowest BCUT2D eigenvalue weighted by Crippen LogP contribution is -2.50. The Balaban J connectivity index is 1.65. The van der Waals surface area contributed by atoms with Crippen molar-refractivity contribution >= 4 is 17.5 Å². The number of benzene rings is 2. The van der Waals surface area contributed by atoms with Crippen LogP contribution in [0.3, 0.4) is 0 Å². The van der Waals surface area contributed by atoms with Crippen molar-refractivity contribution in [3.05, 3.63) is 70.2 Å². The molecular weight excluding hydrogens is 434 g/mol. The Morgan fingerprint density at radius 1 is 1.03 bits per heavy atom. The molecule has 2 aromatic carbocycles. The van der Waals surface area contributed by atoms with E-state index in [9.17, 15) is 13.6 Å². The SMILES string of the molecule is CC(C)(C)CC(=O)N1CCN(C[C@H](OCc2c(F)cccc2F)c2ccc(Cl)cc2)CC1. The van der Waals surface area contributed by atoms with E-state index in [4.69, 9.17) is 16.3 Å². The molecule has 1 heterocycles. The predicted octanol–water partition coefficient (Wildman–Crippen LogP) is 5.46. The Hall–Kier alpha value is -2.02. The van der Waals surface area contributed by atoms with E-state index in [1.807, 2.05) is 17.0 Å². The average molecular weight is 465 g/mol. The standard InChI is InChI=1S/C25H31ClF2N2O2/c1-25(2,3)15-24(31)30-13-11-29(12-14-30)16-23(18-7-9-19(26)10-8-18)32-17-20-21(27)5-4-6-22(20)28/h4-10,23H,11-17H2,1-3H3/t23-/m0/s1. The smallest absolute Gasteiger partial charge is 0.223 e. The number of carbonyl (C=O) groups is 1. The average Bonchev–Trinajstić information content (AvgIpc) is 2.72. The quantitative estimate of drug-likeness (QED) is 0.545. The molecule has 174 valence electrons. The first-order valence-corrected chi connectivity index (χ1v) is 11.3. The Morgan fingerprint density at radius 2 is 1.62 bits per heavy atom. The Kier molecular flexibility index (Phi) is 8.26. The topological polar surface area (TPSA) is 32.8 Å². The molecule has 1 amide bonds. The second-order valence-corrected chi connectivity index (χ2v) is 9.91. The second kappa shape index (κ2) is 10.7. The van der Waals surface area contributed by atoms with Crippen molar-refractivity contribution in [1.82, 2.24) is 9.80 Å². The molecule has 0 aliphatic carbocycles. The highest BCUT2D eigenvalue weighted by Gasteiger charge is 2.27. The number of piperazine rings is 1. The number of amides is 1. The minimum absolute atomic E-state index is 0.0380. The molecule has 7 heteroatoms. The van der Waals surface area contributed by atoms with Gasteiger partial charge in [0.25, 0.3) is 0 Å². The summed E-state index contributed by atoms with van der Waals surface area (Å²) in [4.78, 5) is 16.6. The number of nitrogens with zero attached hydrogens (tertiary/aromatic N) is 2. The first-order chi connectivity index (χ1) is 15.1. The summed E-state index contributed by atoms with van der Waals surface area (Å²) in [6.45, 7) is 9.33. The fourth-order valence-electron chi connectivity index (χ4n) is 3.77. The number of halogens is 3. The van der Waals surface area contributed by atoms with Crippen LogP contribution in [-0.4, -0.2) is 48.4 Å². The lowest BCUT2D eigenvalue weighted by Gasteiger charge is -2.37. The number of hydrogen-bond donors (Lipinski definition) is 0. The van der Waals surface area contributed by atoms with Gasteiger partial charge in [-0.05, 0) is 35.2 Å². The molecule has 0 saturated carbocycles. The maximum atomic E-state index is 14.1. The highest BCUT2D eigenvalue weighted by Crippen LogP contribution is 2.25. The van der Waals surface area contributed by atoms with E-state index in [2.05, 4.69) is 25.7 Å². The molecule has 1 aliphatic heterocycles. The van der Waals surface area contributed by atoms with Gasteiger partial charge in [-0.15, -0.1) is 0 Å². The molecule has 1 fully saturated rings. The maximum absolute atomic E-state index is 14.1. The Labute approximate surface area is 194 Å². The van der Waals surface area contributed by atoms with Gasteiger partial charge in [0.2, 0.25) is 5.91 Å². The van der Waals surface area contributed by atoms with Crippen LogP contribution in [0.1, 0.15) is 44.4 Å². The molecule has 0 spiro atoms. The largest absolute Gasteiger partial charge is 0.367 e. The van der Waals surface area contributed by atoms with E-state index in [1.54, 1.807) is 12.1 Å². The third-order valence-electron chi connectivity index (χ3n) is 5.56. The Morgan fingerprint density at radius 3 is 2.19 bits per heavy atom. The molecule has 3 rings (SSSR count). The summed E-state index contributed by atoms with van der Waals surface area (Å²) in [5, 5.41) is 0.610. The van der Waals surface area contributed by atoms with Gasteiger partial charge in [-0.2, -0.15) is 0 Å². The Bertz CT molecular complexity index is 887. The summed E-state index contributed by atoms with van der Waals surface area (Å²) in [6, 6.07) is 11.1. The summed E-state index contributed by atoms with van der Waals surface area (Å²) in [5.41, 5.74) is 0.769. The lowest BCUT2D eigenvalue weighted by molar-refractivity contribution is -0.135. The number of hydrogen-bond acceptors (Lipinski definition) is 3. The zero-order chi connectivity index (χ0) is 23.3. The molecule has 1 atom stereocenters. The van der Waals surface area contributed by atoms with Crippen LogP contribution in [0.25, 0.3) is 0 Å². The molecule has 0 radical (unpaired) electrons. The summed E-state index contributed by atoms with van der Waals surface area (Å²) < 4.78 is 34.1. The van der Waals surface area contributed by atoms with Crippen LogP contribution >= 0.6 is 11.6 Å². The van der Waals surface area contributed by atoms with Crippen molar-refractivity contribution in [2.45, 2.75) is 39.9 Å². The molecule has 32 heavy (non-hydrogen) atoms. The fourth-order valence-corrected chi connectivity index (χ4v) is 3.89. The van der Waals surface area contributed by atoms with Crippen molar-refractivity contribution in [2.75, 3.05) is 32.7 Å². The van der Waals surface area contributed by atoms with E-state index in [-0.39, 0.29) is 29.6 Å². The molecule has 0 aromatic heterocycles. The van der Waals surface area contributed by atoms with Crippen molar-refractivity contribution in [1.29, 1.82) is 0 Å². The minimum Gasteiger partial charge on any atom is -0.367 e. The van der Waals surface area contributed by atoms with Crippen LogP contribution in [0.5, 0.6) is 0 Å². The van der Waals surface area contributed by atoms with Gasteiger partial charge in [-0.1, -0.05) is 50.6 Å². The first kappa shape index (κ1) is 24.6. The zero-order valence-corrected chi connectivity index (χ0v) is 19.7. The molecule has 2 aromatic rings. The minimum atomic E-state index is -0.620. The van der Waals surface area contributed by atoms with Crippen molar-refractivity contribution in [2.24, 2.45) is 5.41 Å². The summed E-state index contributed by atoms with van der Waals surface area (Å²) in [6.07, 6.45) is 0.139. The van der Waals surface area contributed by atoms with Crippen LogP contribution in [0.2, 0.25) is 5.02 Å². The number of rotatable bonds is 7. The molecule has 0 bridgehead atoms. The predicted molar refractivity (Wildman–Crippen MR) is 122 cm³/mol. The third kappa shape index (κ3) is 6.99. The van der Waals surface area contributed by atoms with Gasteiger partial charge in [-0.25, -0.2) is 8.78 Å². The van der Waals surface area contributed by atoms with Crippen molar-refractivity contribution in [3.63, 3.8) is 0 Å². The molecule has 1 aliphatic rings. The summed E-state index contributed by atoms with van der Waals surface area (Å²) in [5.74, 6) is -1.06. The van der Waals surface area contributed by atoms with E-state index < -0.39 is 11.6 Å². The number of ether oxygens (including phenoxy) is 1. The summed E-state index contributed by atoms with van der Waals surface area (Å²) in [7, 11) is 0. The second-order valence-electron chi connectivity index (χ2n) is 9.47. The third-order valence-corrected chi connectivity index (χ3v) is 5.81. The van der Waals surface area contributed by atoms with Gasteiger partial charge in [0.1, 0.15) is 11.6 Å². The van der Waals surface area contributed by atoms with Gasteiger partial charge in [0, 0.05) is 49.7 Å². The van der Waals surface area contributed by atoms with Gasteiger partial charge in [0.05, 0.1) is 12.7 Å². The van der Waals surface area contributed by atoms with Gasteiger partial charge in [-0.3, -0.25) is 9.69 Å². The van der Waals surface area contributed by atoms with Gasteiger partial charge >= 0.3 is 0 Å². The van der Waals surface area contributed by atoms with Crippen LogP contribution in [0.15, 0.2) is 42.5 Å². The van der Waals surface area contributed by atoms with Gasteiger partial charge in [0.15, 0.2) is 0 Å². The maximum Gasteiger partial charge on any atom is 0.223 e. The highest BCUT2D eigenvalue weighted by atomic mass is 35.5. The van der Waals surface area contributed by atoms with Crippen LogP contribution in [0, 0.1) is 17.0 Å². The highest BCUT2D eigenvalue weighted by molar-refractivity contribution is 6.30. The monoisotopic (exact) mass is 464 g/mol. The molecule has 4 nitrogen and oxygen atoms in total. The van der Waals surface area contributed by atoms with Crippen LogP contribution in [0.4, 0.5) is 8.78 Å². The van der Waals surface area contributed by atoms with Crippen LogP contribution < -0.4 is 0 Å². The van der Waals surface area contributed by atoms with E-state index in [0.717, 1.165) is 18.7 Å². The first-order valence-electron chi connectivity index (χ1n) is 10.9. The normalized spacial score (nSPS) is 16.2. The molecule has 0 unspecified atom stereocenters. The molecule has 0 N–H and O–H groups in total. The van der Waals surface area contributed by atoms with Gasteiger partial charge < -0.3 is 9.64 Å². The fraction of sp³-hybridized carbons (Fsp3) is 0.480. The van der Waals surface area contributed by atoms with Crippen molar-refractivity contribution < 1.29 is 18.3 Å². The zero-order valence-electron chi connectivity index (χ0n) is 18.9. The van der Waals surface area contributed by atoms with Crippen LogP contribution in [-0.2, 0) is 16.1 Å². The number of carbonyl (C=O) groups excluding carboxylic acids is 1. The van der Waals surface area contributed by atoms with E-state index in [0.29, 0.717) is 31.1 Å². The van der Waals surface area contributed by atoms with E-state index in [1.165, 1.54) is 18.2 Å². The molecular formula is C25H31ClF2N2O2. The molecule has 1 saturated heterocycles. The van der Waals surface area contributed by atoms with Crippen molar-refractivity contribution in [3.8, 4) is 0 Å². The van der Waals surface area contributed by atoms with E-state index >= 15 is 0 Å².